The largest absolute Gasteiger partial charge is 0.381 e. The molecule has 1 atom stereocenters. The van der Waals surface area contributed by atoms with Crippen LogP contribution in [-0.2, 0) is 11.3 Å². The zero-order valence-corrected chi connectivity index (χ0v) is 24.9. The number of carbonyl (C=O) groups excluding carboxylic acids is 1. The van der Waals surface area contributed by atoms with E-state index in [1.54, 1.807) is 0 Å². The van der Waals surface area contributed by atoms with Crippen molar-refractivity contribution in [3.05, 3.63) is 58.7 Å². The Morgan fingerprint density at radius 1 is 1.13 bits per heavy atom. The first-order chi connectivity index (χ1) is 18.8. The quantitative estimate of drug-likeness (QED) is 0.416. The van der Waals surface area contributed by atoms with Gasteiger partial charge in [-0.1, -0.05) is 42.0 Å². The lowest BCUT2D eigenvalue weighted by Crippen LogP contribution is -2.49. The maximum Gasteiger partial charge on any atom is 0.254 e. The summed E-state index contributed by atoms with van der Waals surface area (Å²) in [7, 11) is 0. The molecule has 2 aromatic rings. The number of carbonyl (C=O) groups is 1. The Balaban J connectivity index is 1.30. The van der Waals surface area contributed by atoms with Gasteiger partial charge in [-0.05, 0) is 71.3 Å². The minimum absolute atomic E-state index is 0.0821. The first-order valence-corrected chi connectivity index (χ1v) is 15.0. The van der Waals surface area contributed by atoms with Crippen molar-refractivity contribution in [3.8, 4) is 0 Å². The van der Waals surface area contributed by atoms with Crippen LogP contribution in [0.15, 0.2) is 30.6 Å². The van der Waals surface area contributed by atoms with Crippen LogP contribution in [0.5, 0.6) is 0 Å². The van der Waals surface area contributed by atoms with Crippen molar-refractivity contribution in [2.24, 2.45) is 5.92 Å². The highest BCUT2D eigenvalue weighted by Gasteiger charge is 2.29. The molecule has 1 N–H and O–H groups in total. The molecule has 0 radical (unpaired) electrons. The SMILES string of the molecule is Cc1cccc(CN(C(=S)CC2CCOCC2)C2CCN(C(C)CCNC(=O)c3c(C)ncnc3C)CC2)c1. The van der Waals surface area contributed by atoms with Gasteiger partial charge in [-0.15, -0.1) is 0 Å². The minimum atomic E-state index is -0.0821. The molecule has 2 aliphatic heterocycles. The summed E-state index contributed by atoms with van der Waals surface area (Å²) in [6.45, 7) is 13.5. The van der Waals surface area contributed by atoms with Crippen LogP contribution in [0.4, 0.5) is 0 Å². The van der Waals surface area contributed by atoms with Crippen LogP contribution in [0, 0.1) is 26.7 Å². The number of rotatable bonds is 10. The maximum absolute atomic E-state index is 12.7. The third kappa shape index (κ3) is 8.29. The molecule has 2 saturated heterocycles. The molecule has 0 aliphatic carbocycles. The number of aromatic nitrogens is 2. The summed E-state index contributed by atoms with van der Waals surface area (Å²) in [6.07, 6.45) is 7.85. The molecule has 8 heteroatoms. The number of benzene rings is 1. The molecule has 4 rings (SSSR count). The van der Waals surface area contributed by atoms with Crippen molar-refractivity contribution < 1.29 is 9.53 Å². The average Bonchev–Trinajstić information content (AvgIpc) is 2.92. The van der Waals surface area contributed by atoms with Crippen molar-refractivity contribution >= 4 is 23.1 Å². The third-order valence-electron chi connectivity index (χ3n) is 8.42. The normalized spacial score (nSPS) is 18.1. The van der Waals surface area contributed by atoms with E-state index in [-0.39, 0.29) is 5.91 Å². The van der Waals surface area contributed by atoms with Gasteiger partial charge < -0.3 is 19.9 Å². The molecule has 1 amide bonds. The summed E-state index contributed by atoms with van der Waals surface area (Å²) < 4.78 is 5.58. The fraction of sp³-hybridized carbons (Fsp3) is 0.613. The number of ether oxygens (including phenoxy) is 1. The molecule has 0 spiro atoms. The van der Waals surface area contributed by atoms with Crippen LogP contribution in [0.25, 0.3) is 0 Å². The average molecular weight is 552 g/mol. The molecule has 212 valence electrons. The second kappa shape index (κ2) is 14.3. The summed E-state index contributed by atoms with van der Waals surface area (Å²) in [6, 6.07) is 9.70. The smallest absolute Gasteiger partial charge is 0.254 e. The Morgan fingerprint density at radius 3 is 2.49 bits per heavy atom. The summed E-state index contributed by atoms with van der Waals surface area (Å²) in [5.41, 5.74) is 4.67. The lowest BCUT2D eigenvalue weighted by Gasteiger charge is -2.42. The van der Waals surface area contributed by atoms with E-state index >= 15 is 0 Å². The minimum Gasteiger partial charge on any atom is -0.381 e. The highest BCUT2D eigenvalue weighted by Crippen LogP contribution is 2.26. The van der Waals surface area contributed by atoms with E-state index in [0.717, 1.165) is 87.7 Å². The number of thiocarbonyl (C=S) groups is 1. The summed E-state index contributed by atoms with van der Waals surface area (Å²) in [5.74, 6) is 0.554. The van der Waals surface area contributed by atoms with Gasteiger partial charge >= 0.3 is 0 Å². The van der Waals surface area contributed by atoms with Gasteiger partial charge in [0, 0.05) is 57.9 Å². The fourth-order valence-electron chi connectivity index (χ4n) is 5.97. The number of piperidine rings is 1. The van der Waals surface area contributed by atoms with E-state index in [9.17, 15) is 4.79 Å². The molecule has 1 aromatic carbocycles. The topological polar surface area (TPSA) is 70.6 Å². The van der Waals surface area contributed by atoms with Gasteiger partial charge in [0.25, 0.3) is 5.91 Å². The lowest BCUT2D eigenvalue weighted by atomic mass is 9.94. The Hall–Kier alpha value is -2.42. The van der Waals surface area contributed by atoms with Crippen molar-refractivity contribution in [3.63, 3.8) is 0 Å². The van der Waals surface area contributed by atoms with Gasteiger partial charge in [0.05, 0.1) is 21.9 Å². The molecule has 3 heterocycles. The number of hydrogen-bond acceptors (Lipinski definition) is 6. The summed E-state index contributed by atoms with van der Waals surface area (Å²) in [5, 5.41) is 3.08. The molecule has 39 heavy (non-hydrogen) atoms. The molecule has 0 bridgehead atoms. The Labute approximate surface area is 239 Å². The zero-order valence-electron chi connectivity index (χ0n) is 24.1. The Kier molecular flexibility index (Phi) is 10.8. The highest BCUT2D eigenvalue weighted by atomic mass is 32.1. The van der Waals surface area contributed by atoms with Gasteiger partial charge in [-0.2, -0.15) is 0 Å². The van der Waals surface area contributed by atoms with Crippen LogP contribution >= 0.6 is 12.2 Å². The lowest BCUT2D eigenvalue weighted by molar-refractivity contribution is 0.0667. The fourth-order valence-corrected chi connectivity index (χ4v) is 6.42. The van der Waals surface area contributed by atoms with Crippen LogP contribution in [0.1, 0.15) is 78.3 Å². The monoisotopic (exact) mass is 551 g/mol. The first kappa shape index (κ1) is 29.6. The number of nitrogens with zero attached hydrogens (tertiary/aromatic N) is 4. The van der Waals surface area contributed by atoms with Crippen LogP contribution in [0.2, 0.25) is 0 Å². The standard InChI is InChI=1S/C31H45N5O2S/c1-22-6-5-7-27(18-22)20-36(29(39)19-26-11-16-38-17-12-26)28-9-14-35(15-10-28)23(2)8-13-32-31(37)30-24(3)33-21-34-25(30)4/h5-7,18,21,23,26,28H,8-17,19-20H2,1-4H3,(H,32,37). The Bertz CT molecular complexity index is 1090. The summed E-state index contributed by atoms with van der Waals surface area (Å²) >= 11 is 6.11. The first-order valence-electron chi connectivity index (χ1n) is 14.5. The van der Waals surface area contributed by atoms with Gasteiger partial charge in [-0.25, -0.2) is 9.97 Å². The van der Waals surface area contributed by atoms with E-state index in [1.807, 2.05) is 13.8 Å². The molecule has 0 saturated carbocycles. The zero-order chi connectivity index (χ0) is 27.8. The van der Waals surface area contributed by atoms with Crippen molar-refractivity contribution in [1.29, 1.82) is 0 Å². The van der Waals surface area contributed by atoms with E-state index < -0.39 is 0 Å². The molecular formula is C31H45N5O2S. The van der Waals surface area contributed by atoms with Crippen molar-refractivity contribution in [1.82, 2.24) is 25.1 Å². The second-order valence-electron chi connectivity index (χ2n) is 11.4. The Morgan fingerprint density at radius 2 is 1.82 bits per heavy atom. The van der Waals surface area contributed by atoms with E-state index in [2.05, 4.69) is 63.2 Å². The number of hydrogen-bond donors (Lipinski definition) is 1. The van der Waals surface area contributed by atoms with Crippen LogP contribution < -0.4 is 5.32 Å². The third-order valence-corrected chi connectivity index (χ3v) is 8.83. The summed E-state index contributed by atoms with van der Waals surface area (Å²) in [4.78, 5) is 27.3. The van der Waals surface area contributed by atoms with Gasteiger partial charge in [0.15, 0.2) is 0 Å². The molecule has 1 unspecified atom stereocenters. The van der Waals surface area contributed by atoms with Crippen molar-refractivity contribution in [2.75, 3.05) is 32.8 Å². The maximum atomic E-state index is 12.7. The predicted molar refractivity (Wildman–Crippen MR) is 160 cm³/mol. The van der Waals surface area contributed by atoms with Crippen LogP contribution in [-0.4, -0.2) is 75.6 Å². The van der Waals surface area contributed by atoms with E-state index in [0.29, 0.717) is 30.1 Å². The number of likely N-dealkylation sites (tertiary alicyclic amines) is 1. The van der Waals surface area contributed by atoms with Gasteiger partial charge in [0.2, 0.25) is 0 Å². The molecule has 7 nitrogen and oxygen atoms in total. The van der Waals surface area contributed by atoms with Gasteiger partial charge in [-0.3, -0.25) is 4.79 Å². The van der Waals surface area contributed by atoms with Crippen molar-refractivity contribution in [2.45, 2.75) is 84.8 Å². The number of nitrogens with one attached hydrogen (secondary N) is 1. The molecule has 2 fully saturated rings. The molecular weight excluding hydrogens is 506 g/mol. The van der Waals surface area contributed by atoms with Gasteiger partial charge in [0.1, 0.15) is 6.33 Å². The highest BCUT2D eigenvalue weighted by molar-refractivity contribution is 7.80. The molecule has 1 aromatic heterocycles. The second-order valence-corrected chi connectivity index (χ2v) is 11.8. The van der Waals surface area contributed by atoms with E-state index in [4.69, 9.17) is 17.0 Å². The number of aryl methyl sites for hydroxylation is 3. The molecule has 2 aliphatic rings. The predicted octanol–water partition coefficient (Wildman–Crippen LogP) is 5.02. The van der Waals surface area contributed by atoms with E-state index in [1.165, 1.54) is 17.5 Å². The van der Waals surface area contributed by atoms with Crippen LogP contribution in [0.3, 0.4) is 0 Å². The number of amides is 1.